The molecule has 0 aliphatic carbocycles. The number of halogens is 1. The summed E-state index contributed by atoms with van der Waals surface area (Å²) in [5.74, 6) is 0.878. The molecular formula is C14H18BrN5O. The normalized spacial score (nSPS) is 10.6. The van der Waals surface area contributed by atoms with Crippen LogP contribution >= 0.6 is 15.9 Å². The molecule has 0 saturated heterocycles. The van der Waals surface area contributed by atoms with Crippen molar-refractivity contribution in [1.82, 2.24) is 15.0 Å². The first-order chi connectivity index (χ1) is 9.99. The van der Waals surface area contributed by atoms with Crippen molar-refractivity contribution in [3.63, 3.8) is 0 Å². The second-order valence-electron chi connectivity index (χ2n) is 4.74. The molecule has 6 nitrogen and oxygen atoms in total. The fourth-order valence-electron chi connectivity index (χ4n) is 1.65. The summed E-state index contributed by atoms with van der Waals surface area (Å²) in [7, 11) is 1.75. The van der Waals surface area contributed by atoms with Gasteiger partial charge in [-0.05, 0) is 48.3 Å². The summed E-state index contributed by atoms with van der Waals surface area (Å²) in [5, 5.41) is 6.07. The Hall–Kier alpha value is -1.89. The van der Waals surface area contributed by atoms with E-state index in [1.165, 1.54) is 0 Å². The van der Waals surface area contributed by atoms with Crippen molar-refractivity contribution in [3.05, 3.63) is 28.2 Å². The highest BCUT2D eigenvalue weighted by molar-refractivity contribution is 9.10. The third-order valence-corrected chi connectivity index (χ3v) is 3.67. The van der Waals surface area contributed by atoms with Crippen molar-refractivity contribution in [2.75, 3.05) is 17.7 Å². The second-order valence-corrected chi connectivity index (χ2v) is 5.54. The minimum absolute atomic E-state index is 0.00402. The molecule has 0 aliphatic heterocycles. The summed E-state index contributed by atoms with van der Waals surface area (Å²) in [4.78, 5) is 12.7. The molecular weight excluding hydrogens is 334 g/mol. The SMILES string of the molecule is CNc1nc(Nc2cccc(C)c2Br)nc(OC(C)C)n1. The number of benzene rings is 1. The lowest BCUT2D eigenvalue weighted by molar-refractivity contribution is 0.222. The van der Waals surface area contributed by atoms with Gasteiger partial charge in [0.2, 0.25) is 11.9 Å². The summed E-state index contributed by atoms with van der Waals surface area (Å²) >= 11 is 3.55. The van der Waals surface area contributed by atoms with Gasteiger partial charge in [0.05, 0.1) is 11.8 Å². The van der Waals surface area contributed by atoms with Gasteiger partial charge in [-0.15, -0.1) is 0 Å². The molecule has 2 aromatic rings. The Bertz CT molecular complexity index is 633. The van der Waals surface area contributed by atoms with E-state index < -0.39 is 0 Å². The molecule has 7 heteroatoms. The van der Waals surface area contributed by atoms with Crippen LogP contribution in [0.25, 0.3) is 0 Å². The van der Waals surface area contributed by atoms with E-state index in [1.54, 1.807) is 7.05 Å². The molecule has 21 heavy (non-hydrogen) atoms. The highest BCUT2D eigenvalue weighted by Gasteiger charge is 2.10. The summed E-state index contributed by atoms with van der Waals surface area (Å²) in [6.07, 6.45) is -0.00402. The molecule has 1 aromatic heterocycles. The minimum Gasteiger partial charge on any atom is -0.461 e. The van der Waals surface area contributed by atoms with Crippen LogP contribution in [0.1, 0.15) is 19.4 Å². The maximum atomic E-state index is 5.54. The molecule has 1 aromatic carbocycles. The minimum atomic E-state index is -0.00402. The Kier molecular flexibility index (Phi) is 4.95. The van der Waals surface area contributed by atoms with Gasteiger partial charge in [-0.3, -0.25) is 0 Å². The molecule has 0 atom stereocenters. The van der Waals surface area contributed by atoms with E-state index >= 15 is 0 Å². The van der Waals surface area contributed by atoms with Gasteiger partial charge in [0.25, 0.3) is 0 Å². The van der Waals surface area contributed by atoms with E-state index in [-0.39, 0.29) is 12.1 Å². The van der Waals surface area contributed by atoms with Crippen molar-refractivity contribution in [2.24, 2.45) is 0 Å². The molecule has 0 fully saturated rings. The van der Waals surface area contributed by atoms with E-state index in [0.717, 1.165) is 15.7 Å². The zero-order valence-electron chi connectivity index (χ0n) is 12.4. The van der Waals surface area contributed by atoms with Crippen molar-refractivity contribution >= 4 is 33.5 Å². The number of aromatic nitrogens is 3. The molecule has 1 heterocycles. The van der Waals surface area contributed by atoms with Gasteiger partial charge in [0, 0.05) is 11.5 Å². The largest absolute Gasteiger partial charge is 0.461 e. The number of hydrogen-bond acceptors (Lipinski definition) is 6. The van der Waals surface area contributed by atoms with Gasteiger partial charge >= 0.3 is 6.01 Å². The number of ether oxygens (including phenoxy) is 1. The van der Waals surface area contributed by atoms with Gasteiger partial charge in [0.1, 0.15) is 0 Å². The third kappa shape index (κ3) is 4.04. The van der Waals surface area contributed by atoms with Crippen LogP contribution in [0.2, 0.25) is 0 Å². The van der Waals surface area contributed by atoms with Gasteiger partial charge in [-0.25, -0.2) is 0 Å². The number of nitrogens with zero attached hydrogens (tertiary/aromatic N) is 3. The lowest BCUT2D eigenvalue weighted by atomic mass is 10.2. The fourth-order valence-corrected chi connectivity index (χ4v) is 2.02. The Morgan fingerprint density at radius 3 is 2.52 bits per heavy atom. The summed E-state index contributed by atoms with van der Waals surface area (Å²) in [6, 6.07) is 6.22. The quantitative estimate of drug-likeness (QED) is 0.858. The van der Waals surface area contributed by atoms with E-state index in [4.69, 9.17) is 4.74 Å². The second kappa shape index (κ2) is 6.71. The predicted octanol–water partition coefficient (Wildman–Crippen LogP) is 3.52. The number of anilines is 3. The van der Waals surface area contributed by atoms with E-state index in [0.29, 0.717) is 11.9 Å². The summed E-state index contributed by atoms with van der Waals surface area (Å²) in [5.41, 5.74) is 2.01. The molecule has 0 saturated carbocycles. The Morgan fingerprint density at radius 2 is 1.86 bits per heavy atom. The molecule has 0 radical (unpaired) electrons. The topological polar surface area (TPSA) is 72.0 Å². The van der Waals surface area contributed by atoms with Crippen molar-refractivity contribution in [1.29, 1.82) is 0 Å². The first-order valence-electron chi connectivity index (χ1n) is 6.62. The Balaban J connectivity index is 2.32. The van der Waals surface area contributed by atoms with Crippen LogP contribution in [0.5, 0.6) is 6.01 Å². The maximum Gasteiger partial charge on any atom is 0.323 e. The lowest BCUT2D eigenvalue weighted by Crippen LogP contribution is -2.12. The Morgan fingerprint density at radius 1 is 1.14 bits per heavy atom. The molecule has 0 aliphatic rings. The van der Waals surface area contributed by atoms with Crippen LogP contribution in [0.4, 0.5) is 17.6 Å². The highest BCUT2D eigenvalue weighted by Crippen LogP contribution is 2.28. The number of rotatable bonds is 5. The van der Waals surface area contributed by atoms with Crippen molar-refractivity contribution in [3.8, 4) is 6.01 Å². The average Bonchev–Trinajstić information content (AvgIpc) is 2.43. The molecule has 112 valence electrons. The zero-order valence-corrected chi connectivity index (χ0v) is 14.0. The molecule has 0 unspecified atom stereocenters. The maximum absolute atomic E-state index is 5.54. The average molecular weight is 352 g/mol. The highest BCUT2D eigenvalue weighted by atomic mass is 79.9. The molecule has 0 amide bonds. The molecule has 2 N–H and O–H groups in total. The van der Waals surface area contributed by atoms with Crippen LogP contribution in [0.15, 0.2) is 22.7 Å². The monoisotopic (exact) mass is 351 g/mol. The van der Waals surface area contributed by atoms with Gasteiger partial charge in [-0.2, -0.15) is 15.0 Å². The van der Waals surface area contributed by atoms with Crippen molar-refractivity contribution < 1.29 is 4.74 Å². The number of hydrogen-bond donors (Lipinski definition) is 2. The van der Waals surface area contributed by atoms with Gasteiger partial charge in [-0.1, -0.05) is 12.1 Å². The smallest absolute Gasteiger partial charge is 0.323 e. The van der Waals surface area contributed by atoms with E-state index in [1.807, 2.05) is 39.0 Å². The number of nitrogens with one attached hydrogen (secondary N) is 2. The summed E-state index contributed by atoms with van der Waals surface area (Å²) < 4.78 is 6.51. The third-order valence-electron chi connectivity index (χ3n) is 2.62. The molecule has 0 bridgehead atoms. The standard InChI is InChI=1S/C14H18BrN5O/c1-8(2)21-14-19-12(16-4)18-13(20-14)17-10-7-5-6-9(3)11(10)15/h5-8H,1-4H3,(H2,16,17,18,19,20). The van der Waals surface area contributed by atoms with Crippen LogP contribution < -0.4 is 15.4 Å². The first-order valence-corrected chi connectivity index (χ1v) is 7.41. The van der Waals surface area contributed by atoms with Crippen molar-refractivity contribution in [2.45, 2.75) is 26.9 Å². The number of aryl methyl sites for hydroxylation is 1. The fraction of sp³-hybridized carbons (Fsp3) is 0.357. The van der Waals surface area contributed by atoms with E-state index in [9.17, 15) is 0 Å². The Labute approximate surface area is 132 Å². The van der Waals surface area contributed by atoms with Gasteiger partial charge in [0.15, 0.2) is 0 Å². The first kappa shape index (κ1) is 15.5. The van der Waals surface area contributed by atoms with Gasteiger partial charge < -0.3 is 15.4 Å². The van der Waals surface area contributed by atoms with Crippen LogP contribution in [-0.2, 0) is 0 Å². The lowest BCUT2D eigenvalue weighted by Gasteiger charge is -2.12. The van der Waals surface area contributed by atoms with Crippen LogP contribution in [0, 0.1) is 6.92 Å². The zero-order chi connectivity index (χ0) is 15.4. The van der Waals surface area contributed by atoms with Crippen LogP contribution in [-0.4, -0.2) is 28.1 Å². The predicted molar refractivity (Wildman–Crippen MR) is 87.3 cm³/mol. The molecule has 2 rings (SSSR count). The van der Waals surface area contributed by atoms with E-state index in [2.05, 4.69) is 41.5 Å². The van der Waals surface area contributed by atoms with Crippen LogP contribution in [0.3, 0.4) is 0 Å². The summed E-state index contributed by atoms with van der Waals surface area (Å²) in [6.45, 7) is 5.87. The molecule has 0 spiro atoms.